The molecule has 0 heterocycles. The van der Waals surface area contributed by atoms with E-state index in [0.29, 0.717) is 18.7 Å². The van der Waals surface area contributed by atoms with Gasteiger partial charge in [-0.3, -0.25) is 4.79 Å². The molecule has 1 aromatic rings. The first-order chi connectivity index (χ1) is 9.31. The van der Waals surface area contributed by atoms with Gasteiger partial charge in [-0.05, 0) is 42.5 Å². The maximum absolute atomic E-state index is 12.1. The van der Waals surface area contributed by atoms with Gasteiger partial charge in [-0.25, -0.2) is 0 Å². The smallest absolute Gasteiger partial charge is 0.251 e. The van der Waals surface area contributed by atoms with Gasteiger partial charge in [0.05, 0.1) is 6.54 Å². The number of rotatable bonds is 3. The van der Waals surface area contributed by atoms with E-state index >= 15 is 0 Å². The summed E-state index contributed by atoms with van der Waals surface area (Å²) in [6.45, 7) is 9.44. The molecule has 0 aliphatic carbocycles. The first kappa shape index (κ1) is 16.3. The van der Waals surface area contributed by atoms with Gasteiger partial charge in [-0.1, -0.05) is 32.6 Å². The van der Waals surface area contributed by atoms with Crippen molar-refractivity contribution in [1.82, 2.24) is 5.32 Å². The number of hydrogen-bond donors (Lipinski definition) is 2. The van der Waals surface area contributed by atoms with Crippen molar-refractivity contribution >= 4 is 5.91 Å². The molecule has 0 unspecified atom stereocenters. The summed E-state index contributed by atoms with van der Waals surface area (Å²) < 4.78 is 0. The van der Waals surface area contributed by atoms with Crippen molar-refractivity contribution in [3.05, 3.63) is 34.9 Å². The van der Waals surface area contributed by atoms with Crippen LogP contribution in [0.5, 0.6) is 0 Å². The van der Waals surface area contributed by atoms with Crippen molar-refractivity contribution in [3.8, 4) is 11.8 Å². The Morgan fingerprint density at radius 3 is 2.60 bits per heavy atom. The van der Waals surface area contributed by atoms with Crippen molar-refractivity contribution in [3.63, 3.8) is 0 Å². The second-order valence-corrected chi connectivity index (χ2v) is 6.16. The summed E-state index contributed by atoms with van der Waals surface area (Å²) in [7, 11) is 0. The summed E-state index contributed by atoms with van der Waals surface area (Å²) in [5.41, 5.74) is 8.09. The molecule has 0 saturated carbocycles. The predicted molar refractivity (Wildman–Crippen MR) is 83.5 cm³/mol. The number of nitrogens with two attached hydrogens (primary N) is 1. The molecule has 0 aliphatic rings. The minimum atomic E-state index is -0.0475. The second-order valence-electron chi connectivity index (χ2n) is 6.16. The molecule has 0 spiro atoms. The monoisotopic (exact) mass is 272 g/mol. The van der Waals surface area contributed by atoms with Crippen LogP contribution in [0.1, 0.15) is 48.7 Å². The molecule has 1 rings (SSSR count). The molecular weight excluding hydrogens is 248 g/mol. The van der Waals surface area contributed by atoms with Crippen LogP contribution < -0.4 is 11.1 Å². The van der Waals surface area contributed by atoms with Crippen molar-refractivity contribution in [2.45, 2.75) is 34.1 Å². The standard InChI is InChI=1S/C17H24N2O/c1-13-10-14(6-5-8-18)12-15(11-13)16(20)19-9-7-17(2,3)4/h10-12H,7-9,18H2,1-4H3,(H,19,20). The van der Waals surface area contributed by atoms with Crippen LogP contribution in [0, 0.1) is 24.2 Å². The lowest BCUT2D eigenvalue weighted by Gasteiger charge is -2.18. The Morgan fingerprint density at radius 1 is 1.30 bits per heavy atom. The topological polar surface area (TPSA) is 55.1 Å². The molecule has 0 atom stereocenters. The fraction of sp³-hybridized carbons (Fsp3) is 0.471. The Labute approximate surface area is 121 Å². The van der Waals surface area contributed by atoms with Gasteiger partial charge in [0.2, 0.25) is 0 Å². The summed E-state index contributed by atoms with van der Waals surface area (Å²) in [5, 5.41) is 2.95. The minimum absolute atomic E-state index is 0.0475. The van der Waals surface area contributed by atoms with E-state index in [1.165, 1.54) is 0 Å². The lowest BCUT2D eigenvalue weighted by molar-refractivity contribution is 0.0949. The number of carbonyl (C=O) groups is 1. The third-order valence-corrected chi connectivity index (χ3v) is 2.83. The molecule has 3 N–H and O–H groups in total. The van der Waals surface area contributed by atoms with Crippen LogP contribution in [-0.4, -0.2) is 19.0 Å². The first-order valence-electron chi connectivity index (χ1n) is 6.91. The third kappa shape index (κ3) is 5.90. The second kappa shape index (κ2) is 7.12. The number of nitrogens with one attached hydrogen (secondary N) is 1. The Morgan fingerprint density at radius 2 is 2.00 bits per heavy atom. The highest BCUT2D eigenvalue weighted by molar-refractivity contribution is 5.94. The van der Waals surface area contributed by atoms with E-state index in [2.05, 4.69) is 37.9 Å². The molecule has 0 saturated heterocycles. The van der Waals surface area contributed by atoms with Crippen LogP contribution in [0.3, 0.4) is 0 Å². The van der Waals surface area contributed by atoms with Gasteiger partial charge in [0, 0.05) is 17.7 Å². The summed E-state index contributed by atoms with van der Waals surface area (Å²) in [6.07, 6.45) is 0.949. The molecule has 108 valence electrons. The summed E-state index contributed by atoms with van der Waals surface area (Å²) in [6, 6.07) is 5.64. The average Bonchev–Trinajstić information content (AvgIpc) is 2.34. The fourth-order valence-electron chi connectivity index (χ4n) is 1.79. The van der Waals surface area contributed by atoms with Gasteiger partial charge in [0.25, 0.3) is 5.91 Å². The molecule has 0 aliphatic heterocycles. The highest BCUT2D eigenvalue weighted by Crippen LogP contribution is 2.17. The highest BCUT2D eigenvalue weighted by Gasteiger charge is 2.11. The fourth-order valence-corrected chi connectivity index (χ4v) is 1.79. The third-order valence-electron chi connectivity index (χ3n) is 2.83. The zero-order valence-electron chi connectivity index (χ0n) is 12.8. The predicted octanol–water partition coefficient (Wildman–Crippen LogP) is 2.47. The van der Waals surface area contributed by atoms with Gasteiger partial charge in [0.15, 0.2) is 0 Å². The van der Waals surface area contributed by atoms with Crippen molar-refractivity contribution in [2.24, 2.45) is 11.1 Å². The number of carbonyl (C=O) groups excluding carboxylic acids is 1. The van der Waals surface area contributed by atoms with Crippen LogP contribution in [-0.2, 0) is 0 Å². The molecule has 0 fully saturated rings. The summed E-state index contributed by atoms with van der Waals surface area (Å²) in [5.74, 6) is 5.73. The van der Waals surface area contributed by atoms with Crippen LogP contribution >= 0.6 is 0 Å². The zero-order valence-corrected chi connectivity index (χ0v) is 12.8. The lowest BCUT2D eigenvalue weighted by atomic mass is 9.92. The van der Waals surface area contributed by atoms with Gasteiger partial charge in [0.1, 0.15) is 0 Å². The van der Waals surface area contributed by atoms with E-state index in [0.717, 1.165) is 17.5 Å². The quantitative estimate of drug-likeness (QED) is 0.831. The zero-order chi connectivity index (χ0) is 15.2. The molecular formula is C17H24N2O. The first-order valence-corrected chi connectivity index (χ1v) is 6.91. The highest BCUT2D eigenvalue weighted by atomic mass is 16.1. The molecule has 1 amide bonds. The Bertz CT molecular complexity index is 530. The van der Waals surface area contributed by atoms with Crippen LogP contribution in [0.2, 0.25) is 0 Å². The lowest BCUT2D eigenvalue weighted by Crippen LogP contribution is -2.27. The van der Waals surface area contributed by atoms with Gasteiger partial charge < -0.3 is 11.1 Å². The molecule has 3 heteroatoms. The largest absolute Gasteiger partial charge is 0.352 e. The van der Waals surface area contributed by atoms with Gasteiger partial charge >= 0.3 is 0 Å². The molecule has 0 bridgehead atoms. The van der Waals surface area contributed by atoms with Crippen LogP contribution in [0.15, 0.2) is 18.2 Å². The number of amides is 1. The van der Waals surface area contributed by atoms with E-state index in [9.17, 15) is 4.79 Å². The van der Waals surface area contributed by atoms with Crippen LogP contribution in [0.25, 0.3) is 0 Å². The van der Waals surface area contributed by atoms with Crippen LogP contribution in [0.4, 0.5) is 0 Å². The van der Waals surface area contributed by atoms with E-state index in [-0.39, 0.29) is 11.3 Å². The summed E-state index contributed by atoms with van der Waals surface area (Å²) in [4.78, 5) is 12.1. The summed E-state index contributed by atoms with van der Waals surface area (Å²) >= 11 is 0. The molecule has 0 aromatic heterocycles. The van der Waals surface area contributed by atoms with Crippen molar-refractivity contribution in [1.29, 1.82) is 0 Å². The molecule has 3 nitrogen and oxygen atoms in total. The normalized spacial score (nSPS) is 10.7. The molecule has 1 aromatic carbocycles. The molecule has 20 heavy (non-hydrogen) atoms. The number of aryl methyl sites for hydroxylation is 1. The van der Waals surface area contributed by atoms with Gasteiger partial charge in [-0.15, -0.1) is 0 Å². The van der Waals surface area contributed by atoms with Crippen molar-refractivity contribution < 1.29 is 4.79 Å². The minimum Gasteiger partial charge on any atom is -0.352 e. The molecule has 0 radical (unpaired) electrons. The van der Waals surface area contributed by atoms with E-state index in [4.69, 9.17) is 5.73 Å². The van der Waals surface area contributed by atoms with E-state index in [1.807, 2.05) is 25.1 Å². The van der Waals surface area contributed by atoms with E-state index < -0.39 is 0 Å². The average molecular weight is 272 g/mol. The Kier molecular flexibility index (Phi) is 5.79. The van der Waals surface area contributed by atoms with Crippen molar-refractivity contribution in [2.75, 3.05) is 13.1 Å². The Balaban J connectivity index is 2.75. The maximum Gasteiger partial charge on any atom is 0.251 e. The van der Waals surface area contributed by atoms with E-state index in [1.54, 1.807) is 0 Å². The number of hydrogen-bond acceptors (Lipinski definition) is 2. The SMILES string of the molecule is Cc1cc(C#CCN)cc(C(=O)NCCC(C)(C)C)c1. The number of benzene rings is 1. The maximum atomic E-state index is 12.1. The van der Waals surface area contributed by atoms with Gasteiger partial charge in [-0.2, -0.15) is 0 Å². The Hall–Kier alpha value is -1.79.